The monoisotopic (exact) mass is 628 g/mol. The van der Waals surface area contributed by atoms with E-state index in [1.165, 1.54) is 24.1 Å². The average Bonchev–Trinajstić information content (AvgIpc) is 3.62. The summed E-state index contributed by atoms with van der Waals surface area (Å²) < 4.78 is 46.8. The van der Waals surface area contributed by atoms with Crippen LogP contribution < -0.4 is 0 Å². The third kappa shape index (κ3) is 5.60. The molecule has 3 fully saturated rings. The lowest BCUT2D eigenvalue weighted by Gasteiger charge is -2.37. The van der Waals surface area contributed by atoms with Crippen LogP contribution in [0.15, 0.2) is 59.5 Å². The van der Waals surface area contributed by atoms with Gasteiger partial charge in [-0.15, -0.1) is 0 Å². The topological polar surface area (TPSA) is 120 Å². The van der Waals surface area contributed by atoms with Gasteiger partial charge in [0.25, 0.3) is 0 Å². The molecule has 43 heavy (non-hydrogen) atoms. The molecule has 2 saturated heterocycles. The zero-order valence-corrected chi connectivity index (χ0v) is 27.1. The Hall–Kier alpha value is -3.22. The van der Waals surface area contributed by atoms with Crippen molar-refractivity contribution in [2.45, 2.75) is 74.6 Å². The first kappa shape index (κ1) is 31.2. The molecule has 232 valence electrons. The van der Waals surface area contributed by atoms with Gasteiger partial charge in [-0.25, -0.2) is 13.2 Å². The summed E-state index contributed by atoms with van der Waals surface area (Å²) in [5.74, 6) is -2.42. The number of hydrogen-bond donors (Lipinski definition) is 0. The number of esters is 2. The van der Waals surface area contributed by atoms with Crippen LogP contribution in [0.25, 0.3) is 0 Å². The molecule has 1 saturated carbocycles. The Labute approximate surface area is 254 Å². The number of nitrogens with zero attached hydrogens (tertiary/aromatic N) is 2. The van der Waals surface area contributed by atoms with E-state index in [0.29, 0.717) is 12.5 Å². The van der Waals surface area contributed by atoms with Gasteiger partial charge in [-0.2, -0.15) is 4.31 Å². The van der Waals surface area contributed by atoms with Crippen molar-refractivity contribution >= 4 is 36.1 Å². The molecule has 0 spiro atoms. The molecule has 1 aliphatic carbocycles. The van der Waals surface area contributed by atoms with Crippen molar-refractivity contribution in [2.24, 2.45) is 11.8 Å². The number of likely N-dealkylation sites (tertiary alicyclic amines) is 1. The van der Waals surface area contributed by atoms with Crippen LogP contribution in [0.2, 0.25) is 25.7 Å². The number of rotatable bonds is 9. The quantitative estimate of drug-likeness (QED) is 0.230. The smallest absolute Gasteiger partial charge is 0.410 e. The second-order valence-electron chi connectivity index (χ2n) is 13.0. The Morgan fingerprint density at radius 2 is 1.67 bits per heavy atom. The minimum absolute atomic E-state index is 0.0110. The first-order valence-corrected chi connectivity index (χ1v) is 19.8. The van der Waals surface area contributed by atoms with Crippen LogP contribution in [0.3, 0.4) is 0 Å². The van der Waals surface area contributed by atoms with Gasteiger partial charge in [0.15, 0.2) is 0 Å². The lowest BCUT2D eigenvalue weighted by Crippen LogP contribution is -2.59. The molecule has 1 amide bonds. The van der Waals surface area contributed by atoms with E-state index in [-0.39, 0.29) is 37.0 Å². The van der Waals surface area contributed by atoms with E-state index < -0.39 is 59.7 Å². The maximum absolute atomic E-state index is 14.5. The van der Waals surface area contributed by atoms with Crippen LogP contribution in [-0.2, 0) is 40.4 Å². The molecule has 2 aromatic rings. The van der Waals surface area contributed by atoms with Crippen molar-refractivity contribution in [3.8, 4) is 0 Å². The van der Waals surface area contributed by atoms with Gasteiger partial charge in [-0.05, 0) is 49.4 Å². The van der Waals surface area contributed by atoms with Crippen LogP contribution in [0.5, 0.6) is 0 Å². The van der Waals surface area contributed by atoms with Crippen LogP contribution in [0.1, 0.15) is 24.0 Å². The molecule has 0 radical (unpaired) electrons. The van der Waals surface area contributed by atoms with Gasteiger partial charge < -0.3 is 19.1 Å². The third-order valence-corrected chi connectivity index (χ3v) is 12.6. The zero-order chi connectivity index (χ0) is 31.2. The number of ether oxygens (including phenoxy) is 3. The normalized spacial score (nSPS) is 26.7. The minimum atomic E-state index is -4.44. The summed E-state index contributed by atoms with van der Waals surface area (Å²) in [6, 6.07) is 13.7. The van der Waals surface area contributed by atoms with Gasteiger partial charge in [-0.3, -0.25) is 9.59 Å². The summed E-state index contributed by atoms with van der Waals surface area (Å²) in [4.78, 5) is 42.8. The third-order valence-electron chi connectivity index (χ3n) is 8.98. The predicted molar refractivity (Wildman–Crippen MR) is 161 cm³/mol. The fourth-order valence-corrected chi connectivity index (χ4v) is 9.60. The van der Waals surface area contributed by atoms with E-state index in [1.54, 1.807) is 12.1 Å². The number of aryl methyl sites for hydroxylation is 1. The summed E-state index contributed by atoms with van der Waals surface area (Å²) in [5, 5.41) is 0. The van der Waals surface area contributed by atoms with Crippen molar-refractivity contribution in [1.82, 2.24) is 9.21 Å². The van der Waals surface area contributed by atoms with Crippen LogP contribution in [0.4, 0.5) is 4.79 Å². The predicted octanol–water partition coefficient (Wildman–Crippen LogP) is 4.21. The van der Waals surface area contributed by atoms with Crippen molar-refractivity contribution in [3.05, 3.63) is 65.7 Å². The van der Waals surface area contributed by atoms with Crippen LogP contribution in [0, 0.1) is 18.8 Å². The molecule has 0 bridgehead atoms. The number of carbonyl (C=O) groups is 3. The van der Waals surface area contributed by atoms with Crippen molar-refractivity contribution < 1.29 is 37.0 Å². The highest BCUT2D eigenvalue weighted by atomic mass is 32.2. The largest absolute Gasteiger partial charge is 0.468 e. The highest BCUT2D eigenvalue weighted by Gasteiger charge is 2.77. The molecular formula is C31H40N2O8SSi. The maximum Gasteiger partial charge on any atom is 0.410 e. The molecule has 3 aliphatic rings. The van der Waals surface area contributed by atoms with Gasteiger partial charge in [-0.1, -0.05) is 67.7 Å². The second kappa shape index (κ2) is 11.7. The van der Waals surface area contributed by atoms with E-state index >= 15 is 0 Å². The highest BCUT2D eigenvalue weighted by molar-refractivity contribution is 7.89. The standard InChI is InChI=1S/C31H40N2O8SSi/c1-21-11-13-24(14-12-21)42(37,38)33-27(28(34)40-17-18-43(3,4)5)26-25-23(15-16-31(25,33)29(35)39-2)19-32(26)30(36)41-20-22-9-7-6-8-10-22/h6-14,23,25-27H,15-20H2,1-5H3/t23-,25-,26+,27+,31-/m0/s1. The summed E-state index contributed by atoms with van der Waals surface area (Å²) in [6.45, 7) is 8.64. The van der Waals surface area contributed by atoms with Crippen molar-refractivity contribution in [3.63, 3.8) is 0 Å². The molecule has 2 aliphatic heterocycles. The molecule has 0 aromatic heterocycles. The van der Waals surface area contributed by atoms with Gasteiger partial charge in [0.1, 0.15) is 18.2 Å². The number of hydrogen-bond acceptors (Lipinski definition) is 8. The lowest BCUT2D eigenvalue weighted by molar-refractivity contribution is -0.155. The van der Waals surface area contributed by atoms with Crippen molar-refractivity contribution in [1.29, 1.82) is 0 Å². The fraction of sp³-hybridized carbons (Fsp3) is 0.516. The van der Waals surface area contributed by atoms with E-state index in [0.717, 1.165) is 15.4 Å². The van der Waals surface area contributed by atoms with E-state index in [2.05, 4.69) is 19.6 Å². The first-order chi connectivity index (χ1) is 20.3. The van der Waals surface area contributed by atoms with Gasteiger partial charge in [0.05, 0.1) is 24.7 Å². The highest BCUT2D eigenvalue weighted by Crippen LogP contribution is 2.60. The van der Waals surface area contributed by atoms with Crippen LogP contribution >= 0.6 is 0 Å². The van der Waals surface area contributed by atoms with E-state index in [9.17, 15) is 22.8 Å². The molecule has 0 N–H and O–H groups in total. The lowest BCUT2D eigenvalue weighted by atomic mass is 9.83. The Morgan fingerprint density at radius 1 is 1.00 bits per heavy atom. The Morgan fingerprint density at radius 3 is 2.30 bits per heavy atom. The molecule has 2 heterocycles. The molecule has 10 nitrogen and oxygen atoms in total. The second-order valence-corrected chi connectivity index (χ2v) is 20.4. The number of carbonyl (C=O) groups excluding carboxylic acids is 3. The molecule has 5 atom stereocenters. The fourth-order valence-electron chi connectivity index (χ4n) is 6.96. The Kier molecular flexibility index (Phi) is 8.49. The van der Waals surface area contributed by atoms with Gasteiger partial charge in [0, 0.05) is 20.5 Å². The first-order valence-electron chi connectivity index (χ1n) is 14.6. The minimum Gasteiger partial charge on any atom is -0.468 e. The van der Waals surface area contributed by atoms with E-state index in [1.807, 2.05) is 37.3 Å². The number of benzene rings is 2. The summed E-state index contributed by atoms with van der Waals surface area (Å²) in [6.07, 6.45) is -0.0189. The van der Waals surface area contributed by atoms with Gasteiger partial charge >= 0.3 is 18.0 Å². The maximum atomic E-state index is 14.5. The SMILES string of the molecule is COC(=O)[C@]12CC[C@H]3CN(C(=O)OCc4ccccc4)[C@H]([C@H]31)[C@H](C(=O)OCC[Si](C)(C)C)N2S(=O)(=O)c1ccc(C)cc1. The number of amides is 1. The number of methoxy groups -OCH3 is 1. The van der Waals surface area contributed by atoms with Crippen LogP contribution in [-0.4, -0.2) is 81.6 Å². The summed E-state index contributed by atoms with van der Waals surface area (Å²) in [7, 11) is -4.81. The molecule has 5 rings (SSSR count). The zero-order valence-electron chi connectivity index (χ0n) is 25.3. The molecule has 2 aromatic carbocycles. The molecule has 12 heteroatoms. The molecular weight excluding hydrogens is 589 g/mol. The van der Waals surface area contributed by atoms with Gasteiger partial charge in [0.2, 0.25) is 10.0 Å². The Bertz CT molecular complexity index is 1480. The van der Waals surface area contributed by atoms with Crippen molar-refractivity contribution in [2.75, 3.05) is 20.3 Å². The number of sulfonamides is 1. The Balaban J connectivity index is 1.59. The summed E-state index contributed by atoms with van der Waals surface area (Å²) >= 11 is 0. The molecule has 0 unspecified atom stereocenters. The average molecular weight is 629 g/mol. The summed E-state index contributed by atoms with van der Waals surface area (Å²) in [5.41, 5.74) is -0.0305. The van der Waals surface area contributed by atoms with E-state index in [4.69, 9.17) is 14.2 Å².